The Balaban J connectivity index is 1.68. The lowest BCUT2D eigenvalue weighted by Gasteiger charge is -2.19. The highest BCUT2D eigenvalue weighted by Crippen LogP contribution is 2.40. The lowest BCUT2D eigenvalue weighted by molar-refractivity contribution is 0.102. The maximum Gasteiger partial charge on any atom is 0.259 e. The molecule has 6 heteroatoms. The summed E-state index contributed by atoms with van der Waals surface area (Å²) in [6.45, 7) is 6.56. The van der Waals surface area contributed by atoms with Gasteiger partial charge in [0.1, 0.15) is 10.8 Å². The molecule has 3 aromatic rings. The summed E-state index contributed by atoms with van der Waals surface area (Å²) in [5, 5.41) is 6.66. The highest BCUT2D eigenvalue weighted by atomic mass is 32.1. The summed E-state index contributed by atoms with van der Waals surface area (Å²) < 4.78 is 5.67. The van der Waals surface area contributed by atoms with Gasteiger partial charge in [-0.2, -0.15) is 0 Å². The number of hydrogen-bond acceptors (Lipinski definition) is 4. The average Bonchev–Trinajstić information content (AvgIpc) is 3.12. The molecule has 166 valence electrons. The normalized spacial score (nSPS) is 15.0. The molecule has 0 fully saturated rings. The van der Waals surface area contributed by atoms with E-state index in [2.05, 4.69) is 17.6 Å². The SMILES string of the molecule is CCOc1ccccc1NC(=O)c1c(NC(=O)c2ccccc2C)sc2c1CC[C@H](C)C2. The molecule has 1 aliphatic carbocycles. The smallest absolute Gasteiger partial charge is 0.259 e. The summed E-state index contributed by atoms with van der Waals surface area (Å²) in [7, 11) is 0. The van der Waals surface area contributed by atoms with Crippen molar-refractivity contribution in [2.75, 3.05) is 17.2 Å². The molecule has 0 radical (unpaired) electrons. The molecule has 32 heavy (non-hydrogen) atoms. The van der Waals surface area contributed by atoms with Crippen molar-refractivity contribution < 1.29 is 14.3 Å². The van der Waals surface area contributed by atoms with Gasteiger partial charge in [0.25, 0.3) is 11.8 Å². The summed E-state index contributed by atoms with van der Waals surface area (Å²) in [4.78, 5) is 27.7. The van der Waals surface area contributed by atoms with Crippen LogP contribution >= 0.6 is 11.3 Å². The first-order chi connectivity index (χ1) is 15.5. The van der Waals surface area contributed by atoms with Crippen molar-refractivity contribution in [1.82, 2.24) is 0 Å². The van der Waals surface area contributed by atoms with Gasteiger partial charge in [-0.1, -0.05) is 37.3 Å². The number of nitrogens with one attached hydrogen (secondary N) is 2. The van der Waals surface area contributed by atoms with E-state index in [1.165, 1.54) is 16.2 Å². The Morgan fingerprint density at radius 2 is 1.81 bits per heavy atom. The van der Waals surface area contributed by atoms with Crippen LogP contribution in [0.3, 0.4) is 0 Å². The summed E-state index contributed by atoms with van der Waals surface area (Å²) in [5.41, 5.74) is 3.77. The minimum absolute atomic E-state index is 0.196. The van der Waals surface area contributed by atoms with Crippen LogP contribution in [0, 0.1) is 12.8 Å². The van der Waals surface area contributed by atoms with Gasteiger partial charge in [0.2, 0.25) is 0 Å². The van der Waals surface area contributed by atoms with E-state index in [1.807, 2.05) is 56.3 Å². The first-order valence-electron chi connectivity index (χ1n) is 11.0. The lowest BCUT2D eigenvalue weighted by atomic mass is 9.88. The molecule has 0 unspecified atom stereocenters. The maximum absolute atomic E-state index is 13.5. The van der Waals surface area contributed by atoms with E-state index in [9.17, 15) is 9.59 Å². The Labute approximate surface area is 192 Å². The quantitative estimate of drug-likeness (QED) is 0.480. The van der Waals surface area contributed by atoms with Crippen molar-refractivity contribution in [3.63, 3.8) is 0 Å². The Morgan fingerprint density at radius 1 is 1.06 bits per heavy atom. The molecule has 0 saturated carbocycles. The van der Waals surface area contributed by atoms with Crippen LogP contribution in [0.1, 0.15) is 57.0 Å². The Kier molecular flexibility index (Phi) is 6.61. The molecular weight excluding hydrogens is 420 g/mol. The zero-order valence-corrected chi connectivity index (χ0v) is 19.5. The fraction of sp³-hybridized carbons (Fsp3) is 0.308. The molecule has 1 atom stereocenters. The van der Waals surface area contributed by atoms with Gasteiger partial charge in [0.05, 0.1) is 17.9 Å². The van der Waals surface area contributed by atoms with Crippen LogP contribution in [0.4, 0.5) is 10.7 Å². The monoisotopic (exact) mass is 448 g/mol. The first-order valence-corrected chi connectivity index (χ1v) is 11.8. The Bertz CT molecular complexity index is 1150. The minimum Gasteiger partial charge on any atom is -0.492 e. The predicted octanol–water partition coefficient (Wildman–Crippen LogP) is 6.08. The molecule has 0 spiro atoms. The van der Waals surface area contributed by atoms with Gasteiger partial charge in [-0.15, -0.1) is 11.3 Å². The molecular formula is C26H28N2O3S. The van der Waals surface area contributed by atoms with Gasteiger partial charge in [-0.25, -0.2) is 0 Å². The van der Waals surface area contributed by atoms with Crippen LogP contribution in [0.15, 0.2) is 48.5 Å². The van der Waals surface area contributed by atoms with E-state index in [0.717, 1.165) is 30.4 Å². The fourth-order valence-corrected chi connectivity index (χ4v) is 5.52. The van der Waals surface area contributed by atoms with Gasteiger partial charge < -0.3 is 15.4 Å². The van der Waals surface area contributed by atoms with Gasteiger partial charge in [-0.3, -0.25) is 9.59 Å². The molecule has 0 aliphatic heterocycles. The highest BCUT2D eigenvalue weighted by molar-refractivity contribution is 7.17. The molecule has 0 saturated heterocycles. The van der Waals surface area contributed by atoms with Gasteiger partial charge in [0, 0.05) is 10.4 Å². The van der Waals surface area contributed by atoms with E-state index in [1.54, 1.807) is 6.07 Å². The molecule has 5 nitrogen and oxygen atoms in total. The van der Waals surface area contributed by atoms with Crippen molar-refractivity contribution in [2.24, 2.45) is 5.92 Å². The topological polar surface area (TPSA) is 67.4 Å². The molecule has 2 aromatic carbocycles. The Hall–Kier alpha value is -3.12. The van der Waals surface area contributed by atoms with E-state index < -0.39 is 0 Å². The van der Waals surface area contributed by atoms with Gasteiger partial charge in [0.15, 0.2) is 0 Å². The van der Waals surface area contributed by atoms with Crippen LogP contribution in [-0.2, 0) is 12.8 Å². The number of ether oxygens (including phenoxy) is 1. The maximum atomic E-state index is 13.5. The number of hydrogen-bond donors (Lipinski definition) is 2. The van der Waals surface area contributed by atoms with E-state index in [0.29, 0.717) is 40.1 Å². The van der Waals surface area contributed by atoms with Crippen LogP contribution in [-0.4, -0.2) is 18.4 Å². The minimum atomic E-state index is -0.218. The number of thiophene rings is 1. The van der Waals surface area contributed by atoms with Crippen molar-refractivity contribution in [2.45, 2.75) is 40.0 Å². The zero-order valence-electron chi connectivity index (χ0n) is 18.7. The van der Waals surface area contributed by atoms with Crippen molar-refractivity contribution in [1.29, 1.82) is 0 Å². The van der Waals surface area contributed by atoms with Crippen molar-refractivity contribution >= 4 is 33.8 Å². The molecule has 0 bridgehead atoms. The molecule has 1 heterocycles. The first kappa shape index (κ1) is 22.1. The molecule has 4 rings (SSSR count). The lowest BCUT2D eigenvalue weighted by Crippen LogP contribution is -2.20. The van der Waals surface area contributed by atoms with Crippen molar-refractivity contribution in [3.8, 4) is 5.75 Å². The number of amides is 2. The number of para-hydroxylation sites is 2. The third-order valence-corrected chi connectivity index (χ3v) is 6.96. The number of fused-ring (bicyclic) bond motifs is 1. The molecule has 2 N–H and O–H groups in total. The highest BCUT2D eigenvalue weighted by Gasteiger charge is 2.29. The molecule has 1 aliphatic rings. The van der Waals surface area contributed by atoms with E-state index in [-0.39, 0.29) is 11.8 Å². The van der Waals surface area contributed by atoms with E-state index >= 15 is 0 Å². The molecule has 2 amide bonds. The zero-order chi connectivity index (χ0) is 22.7. The second-order valence-corrected chi connectivity index (χ2v) is 9.31. The summed E-state index contributed by atoms with van der Waals surface area (Å²) >= 11 is 1.52. The van der Waals surface area contributed by atoms with Crippen LogP contribution in [0.2, 0.25) is 0 Å². The second-order valence-electron chi connectivity index (χ2n) is 8.21. The van der Waals surface area contributed by atoms with Crippen LogP contribution in [0.25, 0.3) is 0 Å². The number of carbonyl (C=O) groups excluding carboxylic acids is 2. The summed E-state index contributed by atoms with van der Waals surface area (Å²) in [6, 6.07) is 14.9. The fourth-order valence-electron chi connectivity index (χ4n) is 4.11. The van der Waals surface area contributed by atoms with E-state index in [4.69, 9.17) is 4.74 Å². The third-order valence-electron chi connectivity index (χ3n) is 5.79. The third kappa shape index (κ3) is 4.55. The van der Waals surface area contributed by atoms with Gasteiger partial charge in [-0.05, 0) is 68.4 Å². The standard InChI is InChI=1S/C26H28N2O3S/c1-4-31-21-12-8-7-11-20(21)27-25(30)23-19-14-13-16(2)15-22(19)32-26(23)28-24(29)18-10-6-5-9-17(18)3/h5-12,16H,4,13-15H2,1-3H3,(H,27,30)(H,28,29)/t16-/m0/s1. The average molecular weight is 449 g/mol. The van der Waals surface area contributed by atoms with Gasteiger partial charge >= 0.3 is 0 Å². The van der Waals surface area contributed by atoms with Crippen LogP contribution in [0.5, 0.6) is 5.75 Å². The number of benzene rings is 2. The number of carbonyl (C=O) groups is 2. The summed E-state index contributed by atoms with van der Waals surface area (Å²) in [6.07, 6.45) is 2.80. The number of rotatable bonds is 6. The molecule has 1 aromatic heterocycles. The summed E-state index contributed by atoms with van der Waals surface area (Å²) in [5.74, 6) is 0.782. The van der Waals surface area contributed by atoms with Crippen molar-refractivity contribution in [3.05, 3.63) is 75.7 Å². The van der Waals surface area contributed by atoms with Crippen LogP contribution < -0.4 is 15.4 Å². The second kappa shape index (κ2) is 9.57. The Morgan fingerprint density at radius 3 is 2.59 bits per heavy atom. The largest absolute Gasteiger partial charge is 0.492 e. The number of anilines is 2. The predicted molar refractivity (Wildman–Crippen MR) is 130 cm³/mol. The number of aryl methyl sites for hydroxylation is 1.